The second-order valence-electron chi connectivity index (χ2n) is 7.54. The molecule has 2 amide bonds. The molecule has 2 fully saturated rings. The van der Waals surface area contributed by atoms with Gasteiger partial charge in [0.2, 0.25) is 0 Å². The second-order valence-corrected chi connectivity index (χ2v) is 9.32. The third-order valence-corrected chi connectivity index (χ3v) is 7.19. The number of nitrogens with two attached hydrogens (primary N) is 1. The minimum absolute atomic E-state index is 0.0369. The molecule has 4 rings (SSSR count). The largest absolute Gasteiger partial charge is 0.490 e. The van der Waals surface area contributed by atoms with Crippen LogP contribution in [-0.4, -0.2) is 70.2 Å². The number of benzene rings is 1. The number of hydrogen-bond acceptors (Lipinski definition) is 6. The van der Waals surface area contributed by atoms with Gasteiger partial charge in [0.15, 0.2) is 5.17 Å². The molecule has 0 unspecified atom stereocenters. The molecule has 0 aliphatic carbocycles. The van der Waals surface area contributed by atoms with Crippen LogP contribution >= 0.6 is 35.0 Å². The Morgan fingerprint density at radius 2 is 1.83 bits per heavy atom. The van der Waals surface area contributed by atoms with Crippen molar-refractivity contribution in [2.45, 2.75) is 37.8 Å². The van der Waals surface area contributed by atoms with Crippen molar-refractivity contribution in [3.05, 3.63) is 28.2 Å². The number of amides is 2. The molecular weight excluding hydrogens is 433 g/mol. The number of piperidine rings is 2. The lowest BCUT2D eigenvalue weighted by molar-refractivity contribution is 0.0509. The minimum Gasteiger partial charge on any atom is -0.490 e. The SMILES string of the molecule is NC1=NN(C(=O)N2CCC(N3CCC(Oc4ccc(Cl)c(Cl)c4)CC3)CC2)CS1. The molecule has 3 aliphatic rings. The van der Waals surface area contributed by atoms with Crippen LogP contribution in [0.1, 0.15) is 25.7 Å². The summed E-state index contributed by atoms with van der Waals surface area (Å²) in [5.41, 5.74) is 5.66. The summed E-state index contributed by atoms with van der Waals surface area (Å²) >= 11 is 13.4. The summed E-state index contributed by atoms with van der Waals surface area (Å²) in [7, 11) is 0. The van der Waals surface area contributed by atoms with E-state index in [2.05, 4.69) is 10.0 Å². The number of amidine groups is 1. The maximum atomic E-state index is 12.5. The lowest BCUT2D eigenvalue weighted by Crippen LogP contribution is -2.51. The third kappa shape index (κ3) is 5.05. The number of carbonyl (C=O) groups is 1. The molecule has 3 heterocycles. The molecule has 29 heavy (non-hydrogen) atoms. The maximum absolute atomic E-state index is 12.5. The average molecular weight is 458 g/mol. The van der Waals surface area contributed by atoms with Gasteiger partial charge in [0.1, 0.15) is 11.9 Å². The van der Waals surface area contributed by atoms with E-state index >= 15 is 0 Å². The Hall–Kier alpha value is -1.35. The van der Waals surface area contributed by atoms with E-state index in [0.717, 1.165) is 57.6 Å². The summed E-state index contributed by atoms with van der Waals surface area (Å²) < 4.78 is 6.09. The monoisotopic (exact) mass is 457 g/mol. The highest BCUT2D eigenvalue weighted by molar-refractivity contribution is 8.14. The quantitative estimate of drug-likeness (QED) is 0.749. The molecule has 0 saturated carbocycles. The Morgan fingerprint density at radius 3 is 2.45 bits per heavy atom. The summed E-state index contributed by atoms with van der Waals surface area (Å²) in [6, 6.07) is 5.89. The normalized spacial score (nSPS) is 22.1. The molecule has 0 atom stereocenters. The Labute approximate surface area is 185 Å². The van der Waals surface area contributed by atoms with Crippen molar-refractivity contribution in [2.24, 2.45) is 10.8 Å². The number of ether oxygens (including phenoxy) is 1. The molecule has 2 N–H and O–H groups in total. The highest BCUT2D eigenvalue weighted by Crippen LogP contribution is 2.29. The molecule has 1 aromatic carbocycles. The summed E-state index contributed by atoms with van der Waals surface area (Å²) in [5.74, 6) is 1.28. The lowest BCUT2D eigenvalue weighted by Gasteiger charge is -2.42. The molecular formula is C19H25Cl2N5O2S. The number of hydrazone groups is 1. The lowest BCUT2D eigenvalue weighted by atomic mass is 9.99. The second kappa shape index (κ2) is 9.20. The first-order valence-corrected chi connectivity index (χ1v) is 11.6. The van der Waals surface area contributed by atoms with E-state index in [1.807, 2.05) is 11.0 Å². The molecule has 0 bridgehead atoms. The van der Waals surface area contributed by atoms with Gasteiger partial charge in [-0.2, -0.15) is 0 Å². The molecule has 2 saturated heterocycles. The fourth-order valence-electron chi connectivity index (χ4n) is 4.09. The standard InChI is InChI=1S/C19H25Cl2N5O2S/c20-16-2-1-15(11-17(16)21)28-14-5-9-24(10-6-14)13-3-7-25(8-4-13)19(27)26-12-29-18(22)23-26/h1-2,11,13-14H,3-10,12H2,(H2,22,23). The maximum Gasteiger partial charge on any atom is 0.341 e. The highest BCUT2D eigenvalue weighted by atomic mass is 35.5. The molecule has 3 aliphatic heterocycles. The van der Waals surface area contributed by atoms with Crippen LogP contribution in [-0.2, 0) is 0 Å². The smallest absolute Gasteiger partial charge is 0.341 e. The van der Waals surface area contributed by atoms with E-state index in [1.54, 1.807) is 12.1 Å². The van der Waals surface area contributed by atoms with Crippen LogP contribution in [0.2, 0.25) is 10.0 Å². The fraction of sp³-hybridized carbons (Fsp3) is 0.579. The van der Waals surface area contributed by atoms with Crippen molar-refractivity contribution in [1.82, 2.24) is 14.8 Å². The van der Waals surface area contributed by atoms with Crippen LogP contribution in [0.15, 0.2) is 23.3 Å². The average Bonchev–Trinajstić information content (AvgIpc) is 3.17. The van der Waals surface area contributed by atoms with Gasteiger partial charge < -0.3 is 15.4 Å². The summed E-state index contributed by atoms with van der Waals surface area (Å²) in [4.78, 5) is 16.9. The third-order valence-electron chi connectivity index (χ3n) is 5.70. The number of likely N-dealkylation sites (tertiary alicyclic amines) is 2. The van der Waals surface area contributed by atoms with Crippen molar-refractivity contribution < 1.29 is 9.53 Å². The molecule has 0 radical (unpaired) electrons. The number of urea groups is 1. The van der Waals surface area contributed by atoms with Gasteiger partial charge >= 0.3 is 6.03 Å². The van der Waals surface area contributed by atoms with Crippen molar-refractivity contribution in [1.29, 1.82) is 0 Å². The van der Waals surface area contributed by atoms with E-state index < -0.39 is 0 Å². The van der Waals surface area contributed by atoms with Gasteiger partial charge in [0.05, 0.1) is 15.9 Å². The Balaban J connectivity index is 1.22. The molecule has 0 aromatic heterocycles. The predicted molar refractivity (Wildman–Crippen MR) is 118 cm³/mol. The minimum atomic E-state index is -0.0369. The van der Waals surface area contributed by atoms with E-state index in [4.69, 9.17) is 33.7 Å². The van der Waals surface area contributed by atoms with Gasteiger partial charge in [-0.25, -0.2) is 9.80 Å². The number of nitrogens with zero attached hydrogens (tertiary/aromatic N) is 4. The van der Waals surface area contributed by atoms with Gasteiger partial charge in [-0.05, 0) is 37.8 Å². The van der Waals surface area contributed by atoms with Gasteiger partial charge in [-0.1, -0.05) is 35.0 Å². The summed E-state index contributed by atoms with van der Waals surface area (Å²) in [5, 5.41) is 7.06. The van der Waals surface area contributed by atoms with E-state index in [1.165, 1.54) is 16.8 Å². The van der Waals surface area contributed by atoms with Gasteiger partial charge in [0.25, 0.3) is 0 Å². The first-order valence-electron chi connectivity index (χ1n) is 9.88. The van der Waals surface area contributed by atoms with Gasteiger partial charge in [0, 0.05) is 38.3 Å². The van der Waals surface area contributed by atoms with E-state index in [9.17, 15) is 4.79 Å². The van der Waals surface area contributed by atoms with Gasteiger partial charge in [-0.15, -0.1) is 5.10 Å². The molecule has 0 spiro atoms. The molecule has 7 nitrogen and oxygen atoms in total. The zero-order chi connectivity index (χ0) is 20.4. The van der Waals surface area contributed by atoms with Crippen LogP contribution in [0.25, 0.3) is 0 Å². The zero-order valence-electron chi connectivity index (χ0n) is 16.1. The van der Waals surface area contributed by atoms with Crippen LogP contribution in [0.5, 0.6) is 5.75 Å². The number of halogens is 2. The van der Waals surface area contributed by atoms with Crippen molar-refractivity contribution >= 4 is 46.2 Å². The Kier molecular flexibility index (Phi) is 6.63. The van der Waals surface area contributed by atoms with Crippen molar-refractivity contribution in [3.63, 3.8) is 0 Å². The predicted octanol–water partition coefficient (Wildman–Crippen LogP) is 3.66. The first kappa shape index (κ1) is 20.9. The summed E-state index contributed by atoms with van der Waals surface area (Å²) in [6.07, 6.45) is 4.15. The van der Waals surface area contributed by atoms with Gasteiger partial charge in [-0.3, -0.25) is 4.90 Å². The van der Waals surface area contributed by atoms with Crippen LogP contribution in [0.4, 0.5) is 4.79 Å². The highest BCUT2D eigenvalue weighted by Gasteiger charge is 2.32. The van der Waals surface area contributed by atoms with Crippen LogP contribution in [0.3, 0.4) is 0 Å². The Bertz CT molecular complexity index is 780. The number of thioether (sulfide) groups is 1. The topological polar surface area (TPSA) is 74.4 Å². The fourth-order valence-corrected chi connectivity index (χ4v) is 4.96. The van der Waals surface area contributed by atoms with Crippen molar-refractivity contribution in [3.8, 4) is 5.75 Å². The zero-order valence-corrected chi connectivity index (χ0v) is 18.4. The van der Waals surface area contributed by atoms with Crippen molar-refractivity contribution in [2.75, 3.05) is 32.1 Å². The molecule has 1 aromatic rings. The first-order chi connectivity index (χ1) is 14.0. The van der Waals surface area contributed by atoms with Crippen LogP contribution < -0.4 is 10.5 Å². The molecule has 10 heteroatoms. The number of hydrogen-bond donors (Lipinski definition) is 1. The van der Waals surface area contributed by atoms with E-state index in [-0.39, 0.29) is 12.1 Å². The van der Waals surface area contributed by atoms with E-state index in [0.29, 0.717) is 27.1 Å². The van der Waals surface area contributed by atoms with Crippen LogP contribution in [0, 0.1) is 0 Å². The number of carbonyl (C=O) groups excluding carboxylic acids is 1. The summed E-state index contributed by atoms with van der Waals surface area (Å²) in [6.45, 7) is 3.54. The number of rotatable bonds is 3. The Morgan fingerprint density at radius 1 is 1.10 bits per heavy atom. The molecule has 158 valence electrons.